The van der Waals surface area contributed by atoms with Crippen molar-refractivity contribution in [1.29, 1.82) is 0 Å². The number of benzene rings is 1. The lowest BCUT2D eigenvalue weighted by Gasteiger charge is -2.36. The van der Waals surface area contributed by atoms with Gasteiger partial charge in [0.25, 0.3) is 0 Å². The molecular weight excluding hydrogens is 519 g/mol. The molecule has 2 N–H and O–H groups in total. The fourth-order valence-corrected chi connectivity index (χ4v) is 4.44. The molecule has 1 fully saturated rings. The van der Waals surface area contributed by atoms with E-state index in [-0.39, 0.29) is 24.0 Å². The Balaban J connectivity index is 0.00000341. The number of halogens is 1. The molecule has 1 aliphatic rings. The first-order valence-corrected chi connectivity index (χ1v) is 12.0. The number of thiazole rings is 1. The van der Waals surface area contributed by atoms with Crippen LogP contribution in [0.3, 0.4) is 0 Å². The van der Waals surface area contributed by atoms with Crippen LogP contribution in [0.4, 0.5) is 5.69 Å². The van der Waals surface area contributed by atoms with Crippen LogP contribution >= 0.6 is 35.3 Å². The first-order valence-electron chi connectivity index (χ1n) is 11.2. The molecule has 1 aromatic heterocycles. The minimum Gasteiger partial charge on any atom is -0.369 e. The molecule has 8 heteroatoms. The van der Waals surface area contributed by atoms with Gasteiger partial charge in [0, 0.05) is 69.0 Å². The van der Waals surface area contributed by atoms with Crippen molar-refractivity contribution in [2.24, 2.45) is 4.99 Å². The summed E-state index contributed by atoms with van der Waals surface area (Å²) in [5.74, 6) is 0.919. The van der Waals surface area contributed by atoms with E-state index in [1.165, 1.54) is 28.5 Å². The Hall–Kier alpha value is -1.39. The third-order valence-corrected chi connectivity index (χ3v) is 6.26. The standard InChI is InChI=1S/C23H36N6S.HI/c1-3-24-23(26-13-11-22-27-19-20(2)30-22)25-12-7-8-14-28-15-17-29(18-16-28)21-9-5-4-6-10-21;/h4-6,9-10,19H,3,7-8,11-18H2,1-2H3,(H2,24,25,26);1H. The zero-order chi connectivity index (χ0) is 21.0. The summed E-state index contributed by atoms with van der Waals surface area (Å²) in [4.78, 5) is 15.5. The second-order valence-electron chi connectivity index (χ2n) is 7.67. The third kappa shape index (κ3) is 9.33. The molecule has 2 heterocycles. The highest BCUT2D eigenvalue weighted by atomic mass is 127. The molecule has 0 unspecified atom stereocenters. The van der Waals surface area contributed by atoms with Crippen molar-refractivity contribution in [1.82, 2.24) is 20.5 Å². The van der Waals surface area contributed by atoms with Gasteiger partial charge in [0.05, 0.1) is 5.01 Å². The minimum atomic E-state index is 0. The lowest BCUT2D eigenvalue weighted by molar-refractivity contribution is 0.253. The summed E-state index contributed by atoms with van der Waals surface area (Å²) in [5.41, 5.74) is 1.35. The number of hydrogen-bond donors (Lipinski definition) is 2. The summed E-state index contributed by atoms with van der Waals surface area (Å²) in [7, 11) is 0. The van der Waals surface area contributed by atoms with Crippen LogP contribution in [0.2, 0.25) is 0 Å². The maximum absolute atomic E-state index is 4.73. The molecular formula is C23H37IN6S. The molecule has 0 bridgehead atoms. The number of rotatable bonds is 10. The molecule has 0 radical (unpaired) electrons. The lowest BCUT2D eigenvalue weighted by atomic mass is 10.2. The Morgan fingerprint density at radius 2 is 1.87 bits per heavy atom. The van der Waals surface area contributed by atoms with E-state index in [2.05, 4.69) is 69.6 Å². The van der Waals surface area contributed by atoms with Crippen molar-refractivity contribution in [3.63, 3.8) is 0 Å². The average molecular weight is 557 g/mol. The van der Waals surface area contributed by atoms with Crippen LogP contribution in [-0.4, -0.2) is 68.2 Å². The van der Waals surface area contributed by atoms with Crippen LogP contribution in [0.1, 0.15) is 29.7 Å². The van der Waals surface area contributed by atoms with Crippen LogP contribution in [0.15, 0.2) is 41.5 Å². The van der Waals surface area contributed by atoms with Gasteiger partial charge in [-0.05, 0) is 45.4 Å². The van der Waals surface area contributed by atoms with E-state index in [0.29, 0.717) is 0 Å². The minimum absolute atomic E-state index is 0. The quantitative estimate of drug-likeness (QED) is 0.202. The van der Waals surface area contributed by atoms with Gasteiger partial charge >= 0.3 is 0 Å². The van der Waals surface area contributed by atoms with Gasteiger partial charge < -0.3 is 15.5 Å². The molecule has 3 rings (SSSR count). The number of guanidine groups is 1. The summed E-state index contributed by atoms with van der Waals surface area (Å²) in [6, 6.07) is 10.8. The second kappa shape index (κ2) is 14.6. The maximum atomic E-state index is 4.73. The van der Waals surface area contributed by atoms with Crippen LogP contribution in [0, 0.1) is 6.92 Å². The molecule has 172 valence electrons. The largest absolute Gasteiger partial charge is 0.369 e. The van der Waals surface area contributed by atoms with E-state index in [0.717, 1.165) is 64.6 Å². The van der Waals surface area contributed by atoms with Gasteiger partial charge in [-0.2, -0.15) is 0 Å². The number of aliphatic imine (C=N–C) groups is 1. The van der Waals surface area contributed by atoms with Crippen molar-refractivity contribution < 1.29 is 0 Å². The Morgan fingerprint density at radius 1 is 1.10 bits per heavy atom. The number of unbranched alkanes of at least 4 members (excludes halogenated alkanes) is 1. The maximum Gasteiger partial charge on any atom is 0.191 e. The lowest BCUT2D eigenvalue weighted by Crippen LogP contribution is -2.46. The Morgan fingerprint density at radius 3 is 2.55 bits per heavy atom. The molecule has 0 spiro atoms. The molecule has 0 saturated carbocycles. The number of hydrogen-bond acceptors (Lipinski definition) is 5. The summed E-state index contributed by atoms with van der Waals surface area (Å²) < 4.78 is 0. The number of nitrogens with one attached hydrogen (secondary N) is 2. The van der Waals surface area contributed by atoms with Crippen molar-refractivity contribution >= 4 is 47.0 Å². The highest BCUT2D eigenvalue weighted by molar-refractivity contribution is 14.0. The normalized spacial score (nSPS) is 14.9. The molecule has 1 aromatic carbocycles. The molecule has 31 heavy (non-hydrogen) atoms. The molecule has 2 aromatic rings. The van der Waals surface area contributed by atoms with Crippen LogP contribution < -0.4 is 15.5 Å². The Bertz CT molecular complexity index is 758. The summed E-state index contributed by atoms with van der Waals surface area (Å²) >= 11 is 1.77. The topological polar surface area (TPSA) is 55.8 Å². The first kappa shape index (κ1) is 25.9. The van der Waals surface area contributed by atoms with Crippen molar-refractivity contribution in [3.8, 4) is 0 Å². The number of anilines is 1. The number of aryl methyl sites for hydroxylation is 1. The molecule has 1 aliphatic heterocycles. The van der Waals surface area contributed by atoms with Crippen LogP contribution in [0.5, 0.6) is 0 Å². The molecule has 6 nitrogen and oxygen atoms in total. The SMILES string of the molecule is CCNC(=NCCCCN1CCN(c2ccccc2)CC1)NCCc1ncc(C)s1.I. The van der Waals surface area contributed by atoms with Gasteiger partial charge in [0.2, 0.25) is 0 Å². The third-order valence-electron chi connectivity index (χ3n) is 5.29. The Labute approximate surface area is 208 Å². The summed E-state index contributed by atoms with van der Waals surface area (Å²) in [6.45, 7) is 12.5. The summed E-state index contributed by atoms with van der Waals surface area (Å²) in [5, 5.41) is 7.95. The highest BCUT2D eigenvalue weighted by Gasteiger charge is 2.16. The summed E-state index contributed by atoms with van der Waals surface area (Å²) in [6.07, 6.45) is 5.21. The van der Waals surface area contributed by atoms with Crippen molar-refractivity contribution in [2.45, 2.75) is 33.1 Å². The van der Waals surface area contributed by atoms with Crippen LogP contribution in [0.25, 0.3) is 0 Å². The highest BCUT2D eigenvalue weighted by Crippen LogP contribution is 2.15. The molecule has 0 atom stereocenters. The first-order chi connectivity index (χ1) is 14.7. The monoisotopic (exact) mass is 556 g/mol. The van der Waals surface area contributed by atoms with Gasteiger partial charge in [0.1, 0.15) is 0 Å². The molecule has 0 amide bonds. The van der Waals surface area contributed by atoms with Crippen LogP contribution in [-0.2, 0) is 6.42 Å². The zero-order valence-electron chi connectivity index (χ0n) is 18.8. The van der Waals surface area contributed by atoms with E-state index >= 15 is 0 Å². The Kier molecular flexibility index (Phi) is 12.2. The predicted molar refractivity (Wildman–Crippen MR) is 144 cm³/mol. The van der Waals surface area contributed by atoms with E-state index in [1.807, 2.05) is 6.20 Å². The van der Waals surface area contributed by atoms with Gasteiger partial charge in [0.15, 0.2) is 5.96 Å². The van der Waals surface area contributed by atoms with Crippen molar-refractivity contribution in [3.05, 3.63) is 46.4 Å². The van der Waals surface area contributed by atoms with E-state index in [4.69, 9.17) is 4.99 Å². The second-order valence-corrected chi connectivity index (χ2v) is 8.99. The molecule has 1 saturated heterocycles. The van der Waals surface area contributed by atoms with Gasteiger partial charge in [-0.15, -0.1) is 35.3 Å². The molecule has 0 aliphatic carbocycles. The zero-order valence-corrected chi connectivity index (χ0v) is 22.0. The fourth-order valence-electron chi connectivity index (χ4n) is 3.65. The fraction of sp³-hybridized carbons (Fsp3) is 0.565. The predicted octanol–water partition coefficient (Wildman–Crippen LogP) is 3.77. The number of piperazine rings is 1. The van der Waals surface area contributed by atoms with Crippen molar-refractivity contribution in [2.75, 3.05) is 57.3 Å². The van der Waals surface area contributed by atoms with Gasteiger partial charge in [-0.3, -0.25) is 9.89 Å². The number of aromatic nitrogens is 1. The van der Waals surface area contributed by atoms with Gasteiger partial charge in [-0.25, -0.2) is 4.98 Å². The number of para-hydroxylation sites is 1. The van der Waals surface area contributed by atoms with Gasteiger partial charge in [-0.1, -0.05) is 18.2 Å². The number of nitrogens with zero attached hydrogens (tertiary/aromatic N) is 4. The average Bonchev–Trinajstić information content (AvgIpc) is 3.19. The van der Waals surface area contributed by atoms with E-state index in [9.17, 15) is 0 Å². The van der Waals surface area contributed by atoms with E-state index < -0.39 is 0 Å². The smallest absolute Gasteiger partial charge is 0.191 e. The van der Waals surface area contributed by atoms with E-state index in [1.54, 1.807) is 11.3 Å².